The number of phenols is 1. The molecular formula is C15H17N7O4. The molecule has 0 saturated heterocycles. The molecule has 0 radical (unpaired) electrons. The topological polar surface area (TPSA) is 158 Å². The lowest BCUT2D eigenvalue weighted by molar-refractivity contribution is 0.0693. The van der Waals surface area contributed by atoms with E-state index in [0.717, 1.165) is 0 Å². The van der Waals surface area contributed by atoms with Gasteiger partial charge in [-0.25, -0.2) is 9.48 Å². The Morgan fingerprint density at radius 2 is 2.12 bits per heavy atom. The molecule has 1 atom stereocenters. The maximum Gasteiger partial charge on any atom is 0.339 e. The van der Waals surface area contributed by atoms with Gasteiger partial charge in [0, 0.05) is 19.3 Å². The van der Waals surface area contributed by atoms with Gasteiger partial charge < -0.3 is 26.0 Å². The van der Waals surface area contributed by atoms with Gasteiger partial charge in [0.15, 0.2) is 17.0 Å². The molecule has 3 aromatic rings. The molecule has 2 heterocycles. The fraction of sp³-hybridized carbons (Fsp3) is 0.267. The van der Waals surface area contributed by atoms with E-state index in [2.05, 4.69) is 30.9 Å². The van der Waals surface area contributed by atoms with Crippen LogP contribution in [0.2, 0.25) is 0 Å². The van der Waals surface area contributed by atoms with Gasteiger partial charge in [-0.2, -0.15) is 9.97 Å². The van der Waals surface area contributed by atoms with Crippen LogP contribution in [0.5, 0.6) is 5.75 Å². The van der Waals surface area contributed by atoms with Crippen molar-refractivity contribution in [3.05, 3.63) is 23.8 Å². The molecule has 0 spiro atoms. The van der Waals surface area contributed by atoms with E-state index in [1.54, 1.807) is 14.0 Å². The number of aryl methyl sites for hydroxylation is 1. The second-order valence-corrected chi connectivity index (χ2v) is 5.67. The largest absolute Gasteiger partial charge is 0.507 e. The van der Waals surface area contributed by atoms with Crippen LogP contribution in [0.1, 0.15) is 17.3 Å². The van der Waals surface area contributed by atoms with Crippen LogP contribution < -0.4 is 10.6 Å². The summed E-state index contributed by atoms with van der Waals surface area (Å²) in [6.45, 7) is 1.87. The Morgan fingerprint density at radius 1 is 1.35 bits per heavy atom. The highest BCUT2D eigenvalue weighted by atomic mass is 16.4. The summed E-state index contributed by atoms with van der Waals surface area (Å²) >= 11 is 0. The first kappa shape index (κ1) is 17.4. The van der Waals surface area contributed by atoms with Crippen molar-refractivity contribution in [3.63, 3.8) is 0 Å². The number of nitrogens with zero attached hydrogens (tertiary/aromatic N) is 5. The lowest BCUT2D eigenvalue weighted by Gasteiger charge is -2.11. The number of benzene rings is 1. The minimum atomic E-state index is -1.25. The van der Waals surface area contributed by atoms with Gasteiger partial charge in [-0.1, -0.05) is 5.21 Å². The zero-order valence-corrected chi connectivity index (χ0v) is 14.0. The monoisotopic (exact) mass is 359 g/mol. The number of aliphatic hydroxyl groups is 1. The summed E-state index contributed by atoms with van der Waals surface area (Å²) in [6, 6.07) is 4.06. The number of nitrogens with one attached hydrogen (secondary N) is 2. The number of aromatic carboxylic acids is 1. The third-order valence-electron chi connectivity index (χ3n) is 3.50. The summed E-state index contributed by atoms with van der Waals surface area (Å²) in [5, 5.41) is 41.9. The predicted molar refractivity (Wildman–Crippen MR) is 92.6 cm³/mol. The molecule has 136 valence electrons. The van der Waals surface area contributed by atoms with Crippen LogP contribution in [-0.2, 0) is 7.05 Å². The molecule has 1 aromatic carbocycles. The highest BCUT2D eigenvalue weighted by Gasteiger charge is 2.16. The Balaban J connectivity index is 2.01. The average molecular weight is 359 g/mol. The Morgan fingerprint density at radius 3 is 2.81 bits per heavy atom. The summed E-state index contributed by atoms with van der Waals surface area (Å²) in [4.78, 5) is 19.8. The van der Waals surface area contributed by atoms with E-state index >= 15 is 0 Å². The zero-order chi connectivity index (χ0) is 18.8. The number of anilines is 3. The number of hydrogen-bond acceptors (Lipinski definition) is 9. The normalized spacial score (nSPS) is 12.1. The first-order valence-electron chi connectivity index (χ1n) is 7.68. The molecule has 5 N–H and O–H groups in total. The van der Waals surface area contributed by atoms with Crippen molar-refractivity contribution in [2.24, 2.45) is 7.05 Å². The van der Waals surface area contributed by atoms with E-state index < -0.39 is 12.1 Å². The fourth-order valence-electron chi connectivity index (χ4n) is 2.24. The van der Waals surface area contributed by atoms with E-state index in [-0.39, 0.29) is 23.8 Å². The molecule has 0 fully saturated rings. The second-order valence-electron chi connectivity index (χ2n) is 5.67. The number of fused-ring (bicyclic) bond motifs is 1. The number of aliphatic hydroxyl groups excluding tert-OH is 1. The van der Waals surface area contributed by atoms with Crippen LogP contribution in [0.4, 0.5) is 17.5 Å². The molecule has 2 aromatic heterocycles. The van der Waals surface area contributed by atoms with E-state index in [9.17, 15) is 15.0 Å². The van der Waals surface area contributed by atoms with Crippen molar-refractivity contribution in [3.8, 4) is 5.75 Å². The Hall–Kier alpha value is -3.47. The average Bonchev–Trinajstić information content (AvgIpc) is 2.96. The second kappa shape index (κ2) is 6.80. The number of hydrogen-bond donors (Lipinski definition) is 5. The van der Waals surface area contributed by atoms with E-state index in [4.69, 9.17) is 5.11 Å². The third kappa shape index (κ3) is 3.47. The molecular weight excluding hydrogens is 342 g/mol. The number of carbonyl (C=O) groups is 1. The van der Waals surface area contributed by atoms with Gasteiger partial charge in [0.2, 0.25) is 5.95 Å². The summed E-state index contributed by atoms with van der Waals surface area (Å²) in [5.41, 5.74) is 0.993. The van der Waals surface area contributed by atoms with Crippen LogP contribution in [-0.4, -0.2) is 58.9 Å². The molecule has 11 nitrogen and oxygen atoms in total. The van der Waals surface area contributed by atoms with Crippen molar-refractivity contribution in [1.82, 2.24) is 25.0 Å². The van der Waals surface area contributed by atoms with Crippen molar-refractivity contribution in [2.45, 2.75) is 13.0 Å². The number of aromatic hydroxyl groups is 1. The van der Waals surface area contributed by atoms with Gasteiger partial charge in [-0.05, 0) is 25.1 Å². The smallest absolute Gasteiger partial charge is 0.339 e. The van der Waals surface area contributed by atoms with Crippen molar-refractivity contribution in [2.75, 3.05) is 17.2 Å². The van der Waals surface area contributed by atoms with Crippen LogP contribution in [0, 0.1) is 0 Å². The molecule has 0 amide bonds. The molecule has 26 heavy (non-hydrogen) atoms. The number of rotatable bonds is 6. The number of carboxylic acid groups (broad SMARTS) is 1. The van der Waals surface area contributed by atoms with Gasteiger partial charge >= 0.3 is 5.97 Å². The molecule has 0 saturated carbocycles. The maximum atomic E-state index is 11.2. The van der Waals surface area contributed by atoms with Crippen LogP contribution in [0.3, 0.4) is 0 Å². The summed E-state index contributed by atoms with van der Waals surface area (Å²) in [6.07, 6.45) is -0.592. The lowest BCUT2D eigenvalue weighted by Crippen LogP contribution is -2.17. The van der Waals surface area contributed by atoms with Crippen molar-refractivity contribution < 1.29 is 20.1 Å². The van der Waals surface area contributed by atoms with Crippen molar-refractivity contribution in [1.29, 1.82) is 0 Å². The molecule has 3 rings (SSSR count). The first-order chi connectivity index (χ1) is 12.3. The SMILES string of the molecule is CC(O)CNc1nc(Nc2ccc(O)c(C(=O)O)c2)c2nnn(C)c2n1. The zero-order valence-electron chi connectivity index (χ0n) is 14.0. The van der Waals surface area contributed by atoms with E-state index in [1.807, 2.05) is 0 Å². The Bertz CT molecular complexity index is 970. The minimum absolute atomic E-state index is 0.244. The molecule has 0 aliphatic heterocycles. The molecule has 0 aliphatic carbocycles. The minimum Gasteiger partial charge on any atom is -0.507 e. The quantitative estimate of drug-likeness (QED) is 0.396. The van der Waals surface area contributed by atoms with Crippen LogP contribution in [0.25, 0.3) is 11.2 Å². The highest BCUT2D eigenvalue weighted by Crippen LogP contribution is 2.26. The first-order valence-corrected chi connectivity index (χ1v) is 7.68. The van der Waals surface area contributed by atoms with Crippen molar-refractivity contribution >= 4 is 34.6 Å². The molecule has 0 bridgehead atoms. The fourth-order valence-corrected chi connectivity index (χ4v) is 2.24. The van der Waals surface area contributed by atoms with Crippen LogP contribution >= 0.6 is 0 Å². The van der Waals surface area contributed by atoms with Gasteiger partial charge in [0.05, 0.1) is 6.10 Å². The highest BCUT2D eigenvalue weighted by molar-refractivity contribution is 5.93. The van der Waals surface area contributed by atoms with Gasteiger partial charge in [-0.3, -0.25) is 0 Å². The molecule has 11 heteroatoms. The number of carboxylic acids is 1. The Kier molecular flexibility index (Phi) is 4.54. The summed E-state index contributed by atoms with van der Waals surface area (Å²) in [5.74, 6) is -1.03. The molecule has 1 unspecified atom stereocenters. The molecule has 0 aliphatic rings. The van der Waals surface area contributed by atoms with Gasteiger partial charge in [0.25, 0.3) is 0 Å². The number of aromatic nitrogens is 5. The van der Waals surface area contributed by atoms with E-state index in [1.165, 1.54) is 22.9 Å². The summed E-state index contributed by atoms with van der Waals surface area (Å²) < 4.78 is 1.47. The lowest BCUT2D eigenvalue weighted by atomic mass is 10.2. The van der Waals surface area contributed by atoms with Gasteiger partial charge in [-0.15, -0.1) is 5.10 Å². The predicted octanol–water partition coefficient (Wildman–Crippen LogP) is 0.698. The third-order valence-corrected chi connectivity index (χ3v) is 3.50. The van der Waals surface area contributed by atoms with Crippen LogP contribution in [0.15, 0.2) is 18.2 Å². The Labute approximate surface area is 147 Å². The van der Waals surface area contributed by atoms with E-state index in [0.29, 0.717) is 22.7 Å². The maximum absolute atomic E-state index is 11.2. The summed E-state index contributed by atoms with van der Waals surface area (Å²) in [7, 11) is 1.67. The standard InChI is InChI=1S/C15H17N7O4/c1-7(23)6-16-15-18-12(11-13(19-15)22(2)21-20-11)17-8-3-4-10(24)9(5-8)14(25)26/h3-5,7,23-24H,6H2,1-2H3,(H,25,26)(H2,16,17,18,19). The van der Waals surface area contributed by atoms with Gasteiger partial charge in [0.1, 0.15) is 11.3 Å².